The largest absolute Gasteiger partial charge is 0.241 e. The molecule has 1 aromatic carbocycles. The summed E-state index contributed by atoms with van der Waals surface area (Å²) in [4.78, 5) is 0.241. The second-order valence-electron chi connectivity index (χ2n) is 3.12. The summed E-state index contributed by atoms with van der Waals surface area (Å²) in [5.74, 6) is 5.37. The Balaban J connectivity index is 2.74. The van der Waals surface area contributed by atoms with Crippen LogP contribution in [0.1, 0.15) is 5.56 Å². The average molecular weight is 258 g/mol. The molecule has 1 aromatic rings. The van der Waals surface area contributed by atoms with Gasteiger partial charge in [0.15, 0.2) is 0 Å². The predicted octanol–water partition coefficient (Wildman–Crippen LogP) is 1.52. The zero-order chi connectivity index (χ0) is 12.0. The molecule has 0 fully saturated rings. The smallest absolute Gasteiger partial charge is 0.207 e. The van der Waals surface area contributed by atoms with Crippen LogP contribution in [0, 0.1) is 18.8 Å². The molecule has 0 aliphatic rings. The van der Waals surface area contributed by atoms with Gasteiger partial charge in [-0.25, -0.2) is 8.42 Å². The fourth-order valence-electron chi connectivity index (χ4n) is 1.04. The molecule has 0 saturated carbocycles. The first-order chi connectivity index (χ1) is 7.56. The Bertz CT molecular complexity index is 497. The number of rotatable bonds is 3. The Labute approximate surface area is 101 Å². The summed E-state index contributed by atoms with van der Waals surface area (Å²) in [5.41, 5.74) is 1.01. The van der Waals surface area contributed by atoms with Crippen LogP contribution in [0.5, 0.6) is 0 Å². The van der Waals surface area contributed by atoms with Gasteiger partial charge in [0.25, 0.3) is 0 Å². The highest BCUT2D eigenvalue weighted by Gasteiger charge is 2.11. The van der Waals surface area contributed by atoms with Crippen LogP contribution in [-0.2, 0) is 10.0 Å². The summed E-state index contributed by atoms with van der Waals surface area (Å²) in [6, 6.07) is 6.62. The fourth-order valence-corrected chi connectivity index (χ4v) is 2.06. The van der Waals surface area contributed by atoms with Crippen molar-refractivity contribution >= 4 is 21.6 Å². The van der Waals surface area contributed by atoms with E-state index in [1.807, 2.05) is 6.92 Å². The van der Waals surface area contributed by atoms with Crippen molar-refractivity contribution in [2.45, 2.75) is 11.8 Å². The molecule has 5 heteroatoms. The van der Waals surface area contributed by atoms with Crippen molar-refractivity contribution in [3.05, 3.63) is 29.8 Å². The molecule has 0 atom stereocenters. The number of alkyl halides is 1. The van der Waals surface area contributed by atoms with E-state index in [-0.39, 0.29) is 17.3 Å². The van der Waals surface area contributed by atoms with Gasteiger partial charge in [0, 0.05) is 0 Å². The van der Waals surface area contributed by atoms with E-state index in [1.165, 1.54) is 0 Å². The molecule has 0 aromatic heterocycles. The Morgan fingerprint density at radius 3 is 2.44 bits per heavy atom. The molecule has 0 unspecified atom stereocenters. The second kappa shape index (κ2) is 5.90. The highest BCUT2D eigenvalue weighted by Crippen LogP contribution is 2.09. The quantitative estimate of drug-likeness (QED) is 0.659. The van der Waals surface area contributed by atoms with Crippen molar-refractivity contribution in [3.63, 3.8) is 0 Å². The van der Waals surface area contributed by atoms with E-state index in [9.17, 15) is 8.42 Å². The monoisotopic (exact) mass is 257 g/mol. The van der Waals surface area contributed by atoms with Gasteiger partial charge in [-0.2, -0.15) is 4.72 Å². The van der Waals surface area contributed by atoms with Crippen LogP contribution in [0.2, 0.25) is 0 Å². The third-order valence-corrected chi connectivity index (χ3v) is 3.42. The van der Waals surface area contributed by atoms with Crippen LogP contribution in [0.25, 0.3) is 0 Å². The van der Waals surface area contributed by atoms with Crippen LogP contribution in [0.15, 0.2) is 29.2 Å². The highest BCUT2D eigenvalue weighted by molar-refractivity contribution is 7.89. The minimum absolute atomic E-state index is 0.0724. The number of aryl methyl sites for hydroxylation is 1. The lowest BCUT2D eigenvalue weighted by Crippen LogP contribution is -2.23. The molecule has 0 radical (unpaired) electrons. The molecule has 0 aliphatic carbocycles. The van der Waals surface area contributed by atoms with Gasteiger partial charge in [0.05, 0.1) is 17.3 Å². The molecule has 0 aliphatic heterocycles. The van der Waals surface area contributed by atoms with E-state index < -0.39 is 10.0 Å². The lowest BCUT2D eigenvalue weighted by atomic mass is 10.2. The molecule has 16 heavy (non-hydrogen) atoms. The zero-order valence-electron chi connectivity index (χ0n) is 8.83. The molecule has 1 N–H and O–H groups in total. The minimum Gasteiger partial charge on any atom is -0.207 e. The average Bonchev–Trinajstić information content (AvgIpc) is 2.25. The van der Waals surface area contributed by atoms with Gasteiger partial charge in [-0.15, -0.1) is 11.6 Å². The Kier molecular flexibility index (Phi) is 4.81. The van der Waals surface area contributed by atoms with Crippen molar-refractivity contribution in [2.24, 2.45) is 0 Å². The van der Waals surface area contributed by atoms with Gasteiger partial charge in [0.2, 0.25) is 10.0 Å². The van der Waals surface area contributed by atoms with Crippen molar-refractivity contribution in [1.29, 1.82) is 0 Å². The topological polar surface area (TPSA) is 46.2 Å². The summed E-state index contributed by atoms with van der Waals surface area (Å²) >= 11 is 5.34. The van der Waals surface area contributed by atoms with E-state index in [2.05, 4.69) is 16.6 Å². The van der Waals surface area contributed by atoms with Crippen LogP contribution in [0.4, 0.5) is 0 Å². The van der Waals surface area contributed by atoms with Crippen LogP contribution in [0.3, 0.4) is 0 Å². The van der Waals surface area contributed by atoms with Gasteiger partial charge in [-0.3, -0.25) is 0 Å². The first-order valence-electron chi connectivity index (χ1n) is 4.64. The van der Waals surface area contributed by atoms with Crippen LogP contribution < -0.4 is 4.72 Å². The number of nitrogens with one attached hydrogen (secondary N) is 1. The van der Waals surface area contributed by atoms with Crippen molar-refractivity contribution in [2.75, 3.05) is 12.4 Å². The number of hydrogen-bond acceptors (Lipinski definition) is 2. The van der Waals surface area contributed by atoms with E-state index in [4.69, 9.17) is 11.6 Å². The standard InChI is InChI=1S/C11H12ClNO2S/c1-10-4-6-11(7-5-10)16(14,15)13-9-3-2-8-12/h4-7,13H,8-9H2,1H3. The van der Waals surface area contributed by atoms with Gasteiger partial charge in [0.1, 0.15) is 0 Å². The Hall–Kier alpha value is -1.02. The first kappa shape index (κ1) is 13.0. The molecule has 86 valence electrons. The van der Waals surface area contributed by atoms with Crippen molar-refractivity contribution in [3.8, 4) is 11.8 Å². The predicted molar refractivity (Wildman–Crippen MR) is 64.9 cm³/mol. The lowest BCUT2D eigenvalue weighted by molar-refractivity contribution is 0.586. The molecule has 0 saturated heterocycles. The van der Waals surface area contributed by atoms with Crippen LogP contribution >= 0.6 is 11.6 Å². The fraction of sp³-hybridized carbons (Fsp3) is 0.273. The van der Waals surface area contributed by atoms with E-state index in [0.29, 0.717) is 0 Å². The van der Waals surface area contributed by atoms with E-state index in [1.54, 1.807) is 24.3 Å². The summed E-state index contributed by atoms with van der Waals surface area (Å²) in [6.07, 6.45) is 0. The molecule has 0 amide bonds. The Morgan fingerprint density at radius 2 is 1.88 bits per heavy atom. The van der Waals surface area contributed by atoms with Gasteiger partial charge in [-0.05, 0) is 19.1 Å². The molecule has 0 spiro atoms. The van der Waals surface area contributed by atoms with Gasteiger partial charge in [-0.1, -0.05) is 29.5 Å². The number of sulfonamides is 1. The van der Waals surface area contributed by atoms with E-state index >= 15 is 0 Å². The van der Waals surface area contributed by atoms with E-state index in [0.717, 1.165) is 5.56 Å². The summed E-state index contributed by atoms with van der Waals surface area (Å²) in [6.45, 7) is 1.97. The zero-order valence-corrected chi connectivity index (χ0v) is 10.4. The molecule has 3 nitrogen and oxygen atoms in total. The Morgan fingerprint density at radius 1 is 1.25 bits per heavy atom. The third kappa shape index (κ3) is 3.86. The van der Waals surface area contributed by atoms with Crippen molar-refractivity contribution < 1.29 is 8.42 Å². The summed E-state index contributed by atoms with van der Waals surface area (Å²) in [5, 5.41) is 0. The number of benzene rings is 1. The SMILES string of the molecule is Cc1ccc(S(=O)(=O)NCC#CCCl)cc1. The first-order valence-corrected chi connectivity index (χ1v) is 6.66. The van der Waals surface area contributed by atoms with Gasteiger partial charge >= 0.3 is 0 Å². The van der Waals surface area contributed by atoms with Gasteiger partial charge < -0.3 is 0 Å². The second-order valence-corrected chi connectivity index (χ2v) is 5.16. The summed E-state index contributed by atoms with van der Waals surface area (Å²) in [7, 11) is -3.45. The molecule has 1 rings (SSSR count). The normalized spacial score (nSPS) is 10.6. The highest BCUT2D eigenvalue weighted by atomic mass is 35.5. The maximum atomic E-state index is 11.7. The molecule has 0 heterocycles. The molecular formula is C11H12ClNO2S. The molecular weight excluding hydrogens is 246 g/mol. The third-order valence-electron chi connectivity index (χ3n) is 1.87. The maximum absolute atomic E-state index is 11.7. The molecule has 0 bridgehead atoms. The number of hydrogen-bond donors (Lipinski definition) is 1. The summed E-state index contributed by atoms with van der Waals surface area (Å²) < 4.78 is 25.8. The maximum Gasteiger partial charge on any atom is 0.241 e. The van der Waals surface area contributed by atoms with Crippen LogP contribution in [-0.4, -0.2) is 20.8 Å². The minimum atomic E-state index is -3.45. The number of halogens is 1. The lowest BCUT2D eigenvalue weighted by Gasteiger charge is -2.03. The van der Waals surface area contributed by atoms with Crippen molar-refractivity contribution in [1.82, 2.24) is 4.72 Å².